The summed E-state index contributed by atoms with van der Waals surface area (Å²) in [5.41, 5.74) is 3.18. The van der Waals surface area contributed by atoms with Gasteiger partial charge in [-0.05, 0) is 47.9 Å². The predicted molar refractivity (Wildman–Crippen MR) is 151 cm³/mol. The SMILES string of the molecule is COCCN(CC(=O)N(CCc1c[nH]c2ccccc12)Cc1ccc(OC)cc1)C(=O)COc1ccccc1. The van der Waals surface area contributed by atoms with E-state index in [1.807, 2.05) is 66.9 Å². The Hall–Kier alpha value is -4.30. The van der Waals surface area contributed by atoms with Crippen molar-refractivity contribution >= 4 is 22.7 Å². The van der Waals surface area contributed by atoms with Gasteiger partial charge < -0.3 is 29.0 Å². The lowest BCUT2D eigenvalue weighted by molar-refractivity contribution is -0.142. The molecular weight excluding hydrogens is 494 g/mol. The number of rotatable bonds is 14. The molecule has 1 N–H and O–H groups in total. The zero-order chi connectivity index (χ0) is 27.5. The smallest absolute Gasteiger partial charge is 0.261 e. The lowest BCUT2D eigenvalue weighted by Crippen LogP contribution is -2.46. The van der Waals surface area contributed by atoms with Gasteiger partial charge in [-0.25, -0.2) is 0 Å². The van der Waals surface area contributed by atoms with E-state index in [1.165, 1.54) is 4.90 Å². The van der Waals surface area contributed by atoms with Gasteiger partial charge >= 0.3 is 0 Å². The second-order valence-electron chi connectivity index (χ2n) is 9.18. The number of para-hydroxylation sites is 2. The van der Waals surface area contributed by atoms with Crippen LogP contribution in [0.5, 0.6) is 11.5 Å². The summed E-state index contributed by atoms with van der Waals surface area (Å²) in [5.74, 6) is 0.939. The third kappa shape index (κ3) is 7.85. The second-order valence-corrected chi connectivity index (χ2v) is 9.18. The highest BCUT2D eigenvalue weighted by Crippen LogP contribution is 2.19. The fourth-order valence-corrected chi connectivity index (χ4v) is 4.35. The highest BCUT2D eigenvalue weighted by molar-refractivity contribution is 5.86. The fraction of sp³-hybridized carbons (Fsp3) is 0.290. The molecule has 0 aliphatic carbocycles. The van der Waals surface area contributed by atoms with E-state index in [0.29, 0.717) is 31.9 Å². The molecule has 4 aromatic rings. The average molecular weight is 530 g/mol. The molecule has 0 radical (unpaired) electrons. The Labute approximate surface area is 229 Å². The minimum atomic E-state index is -0.273. The molecule has 0 saturated heterocycles. The molecule has 0 saturated carbocycles. The van der Waals surface area contributed by atoms with Gasteiger partial charge in [-0.3, -0.25) is 9.59 Å². The summed E-state index contributed by atoms with van der Waals surface area (Å²) in [6, 6.07) is 24.9. The van der Waals surface area contributed by atoms with E-state index < -0.39 is 0 Å². The van der Waals surface area contributed by atoms with Crippen LogP contribution in [0.2, 0.25) is 0 Å². The molecule has 39 heavy (non-hydrogen) atoms. The van der Waals surface area contributed by atoms with Gasteiger partial charge in [0.15, 0.2) is 6.61 Å². The first-order valence-corrected chi connectivity index (χ1v) is 13.0. The number of nitrogens with one attached hydrogen (secondary N) is 1. The zero-order valence-corrected chi connectivity index (χ0v) is 22.5. The third-order valence-electron chi connectivity index (χ3n) is 6.56. The number of aromatic amines is 1. The van der Waals surface area contributed by atoms with Crippen molar-refractivity contribution in [3.05, 3.63) is 96.2 Å². The first kappa shape index (κ1) is 27.7. The molecular formula is C31H35N3O5. The minimum absolute atomic E-state index is 0.0651. The molecule has 8 nitrogen and oxygen atoms in total. The van der Waals surface area contributed by atoms with Crippen molar-refractivity contribution in [2.45, 2.75) is 13.0 Å². The number of carbonyl (C=O) groups is 2. The number of carbonyl (C=O) groups excluding carboxylic acids is 2. The van der Waals surface area contributed by atoms with Crippen LogP contribution in [0.15, 0.2) is 85.1 Å². The number of fused-ring (bicyclic) bond motifs is 1. The highest BCUT2D eigenvalue weighted by Gasteiger charge is 2.22. The molecule has 2 amide bonds. The Bertz CT molecular complexity index is 1340. The van der Waals surface area contributed by atoms with Crippen molar-refractivity contribution in [3.8, 4) is 11.5 Å². The summed E-state index contributed by atoms with van der Waals surface area (Å²) in [7, 11) is 3.20. The van der Waals surface area contributed by atoms with Gasteiger partial charge in [0.2, 0.25) is 5.91 Å². The molecule has 204 valence electrons. The summed E-state index contributed by atoms with van der Waals surface area (Å²) < 4.78 is 16.1. The monoisotopic (exact) mass is 529 g/mol. The van der Waals surface area contributed by atoms with Crippen LogP contribution in [0, 0.1) is 0 Å². The minimum Gasteiger partial charge on any atom is -0.497 e. The van der Waals surface area contributed by atoms with Gasteiger partial charge in [0.05, 0.1) is 20.3 Å². The number of aromatic nitrogens is 1. The number of hydrogen-bond acceptors (Lipinski definition) is 5. The Morgan fingerprint density at radius 1 is 0.795 bits per heavy atom. The first-order valence-electron chi connectivity index (χ1n) is 13.0. The topological polar surface area (TPSA) is 84.1 Å². The van der Waals surface area contributed by atoms with Gasteiger partial charge in [0.1, 0.15) is 11.5 Å². The Kier molecular flexibility index (Phi) is 9.97. The van der Waals surface area contributed by atoms with Crippen molar-refractivity contribution < 1.29 is 23.8 Å². The standard InChI is InChI=1S/C31H35N3O5/c1-37-19-18-34(31(36)23-39-27-8-4-3-5-9-27)22-30(35)33(21-24-12-14-26(38-2)15-13-24)17-16-25-20-32-29-11-7-6-10-28(25)29/h3-15,20,32H,16-19,21-23H2,1-2H3. The lowest BCUT2D eigenvalue weighted by Gasteiger charge is -2.28. The Balaban J connectivity index is 1.47. The molecule has 0 aliphatic rings. The van der Waals surface area contributed by atoms with E-state index in [9.17, 15) is 9.59 Å². The van der Waals surface area contributed by atoms with Crippen LogP contribution < -0.4 is 9.47 Å². The summed E-state index contributed by atoms with van der Waals surface area (Å²) in [4.78, 5) is 33.3. The highest BCUT2D eigenvalue weighted by atomic mass is 16.5. The second kappa shape index (κ2) is 14.0. The maximum Gasteiger partial charge on any atom is 0.261 e. The van der Waals surface area contributed by atoms with Crippen LogP contribution in [0.25, 0.3) is 10.9 Å². The van der Waals surface area contributed by atoms with Crippen LogP contribution in [-0.2, 0) is 27.3 Å². The summed E-state index contributed by atoms with van der Waals surface area (Å²) in [5, 5.41) is 1.14. The summed E-state index contributed by atoms with van der Waals surface area (Å²) in [6.07, 6.45) is 2.67. The van der Waals surface area contributed by atoms with Crippen molar-refractivity contribution in [1.29, 1.82) is 0 Å². The molecule has 0 spiro atoms. The van der Waals surface area contributed by atoms with Crippen LogP contribution in [0.4, 0.5) is 0 Å². The Morgan fingerprint density at radius 2 is 1.54 bits per heavy atom. The number of nitrogens with zero attached hydrogens (tertiary/aromatic N) is 2. The quantitative estimate of drug-likeness (QED) is 0.263. The van der Waals surface area contributed by atoms with Gasteiger partial charge in [-0.2, -0.15) is 0 Å². The number of hydrogen-bond donors (Lipinski definition) is 1. The largest absolute Gasteiger partial charge is 0.497 e. The Morgan fingerprint density at radius 3 is 2.28 bits per heavy atom. The van der Waals surface area contributed by atoms with Crippen molar-refractivity contribution in [3.63, 3.8) is 0 Å². The van der Waals surface area contributed by atoms with E-state index in [4.69, 9.17) is 14.2 Å². The average Bonchev–Trinajstić information content (AvgIpc) is 3.40. The third-order valence-corrected chi connectivity index (χ3v) is 6.56. The molecule has 0 aliphatic heterocycles. The molecule has 1 heterocycles. The van der Waals surface area contributed by atoms with Gasteiger partial charge in [-0.1, -0.05) is 48.5 Å². The molecule has 0 unspecified atom stereocenters. The molecule has 0 atom stereocenters. The van der Waals surface area contributed by atoms with Crippen molar-refractivity contribution in [1.82, 2.24) is 14.8 Å². The van der Waals surface area contributed by atoms with E-state index in [1.54, 1.807) is 31.3 Å². The van der Waals surface area contributed by atoms with Crippen molar-refractivity contribution in [2.75, 3.05) is 47.1 Å². The van der Waals surface area contributed by atoms with Gasteiger partial charge in [-0.15, -0.1) is 0 Å². The van der Waals surface area contributed by atoms with Crippen molar-refractivity contribution in [2.24, 2.45) is 0 Å². The maximum absolute atomic E-state index is 13.7. The first-order chi connectivity index (χ1) is 19.1. The lowest BCUT2D eigenvalue weighted by atomic mass is 10.1. The summed E-state index contributed by atoms with van der Waals surface area (Å²) >= 11 is 0. The van der Waals surface area contributed by atoms with Crippen LogP contribution in [0.1, 0.15) is 11.1 Å². The number of benzene rings is 3. The van der Waals surface area contributed by atoms with E-state index in [-0.39, 0.29) is 31.5 Å². The molecule has 8 heteroatoms. The van der Waals surface area contributed by atoms with E-state index in [0.717, 1.165) is 27.8 Å². The molecule has 1 aromatic heterocycles. The van der Waals surface area contributed by atoms with Crippen LogP contribution in [-0.4, -0.2) is 73.7 Å². The predicted octanol–water partition coefficient (Wildman–Crippen LogP) is 4.30. The van der Waals surface area contributed by atoms with E-state index >= 15 is 0 Å². The van der Waals surface area contributed by atoms with Gasteiger partial charge in [0, 0.05) is 43.8 Å². The number of H-pyrrole nitrogens is 1. The number of ether oxygens (including phenoxy) is 3. The number of methoxy groups -OCH3 is 2. The molecule has 0 bridgehead atoms. The molecule has 4 rings (SSSR count). The number of amides is 2. The zero-order valence-electron chi connectivity index (χ0n) is 22.5. The normalized spacial score (nSPS) is 10.8. The van der Waals surface area contributed by atoms with Crippen LogP contribution in [0.3, 0.4) is 0 Å². The van der Waals surface area contributed by atoms with Gasteiger partial charge in [0.25, 0.3) is 5.91 Å². The fourth-order valence-electron chi connectivity index (χ4n) is 4.35. The molecule has 0 fully saturated rings. The van der Waals surface area contributed by atoms with E-state index in [2.05, 4.69) is 11.1 Å². The van der Waals surface area contributed by atoms with Crippen LogP contribution >= 0.6 is 0 Å². The molecule has 3 aromatic carbocycles. The maximum atomic E-state index is 13.7. The summed E-state index contributed by atoms with van der Waals surface area (Å²) in [6.45, 7) is 1.30.